The molecule has 1 aliphatic rings. The highest BCUT2D eigenvalue weighted by atomic mass is 16.6. The highest BCUT2D eigenvalue weighted by Gasteiger charge is 2.48. The number of benzene rings is 1. The van der Waals surface area contributed by atoms with Crippen LogP contribution in [0.25, 0.3) is 0 Å². The average Bonchev–Trinajstić information content (AvgIpc) is 2.94. The van der Waals surface area contributed by atoms with Crippen molar-refractivity contribution < 1.29 is 19.7 Å². The molecule has 1 saturated heterocycles. The highest BCUT2D eigenvalue weighted by molar-refractivity contribution is 5.21. The molecule has 0 radical (unpaired) electrons. The Balaban J connectivity index is 2.00. The molecule has 8 heteroatoms. The summed E-state index contributed by atoms with van der Waals surface area (Å²) in [5.74, 6) is 0.571. The van der Waals surface area contributed by atoms with E-state index < -0.39 is 35.8 Å². The molecule has 1 aromatic heterocycles. The molecule has 0 unspecified atom stereocenters. The standard InChI is InChI=1S/C17H20N2O6/c1-11-8-19(16(23)18-15(11)22)17(7-13(21)14(9-20)25-17)10-24-12-5-3-2-4-6-12/h2-6,8,13-14,20-21H,7,9-10H2,1H3,(H,18,22,23)/t13-,14+,17-/m0/s1. The Hall–Kier alpha value is -2.42. The molecular formula is C17H20N2O6. The zero-order chi connectivity index (χ0) is 18.0. The second-order valence-electron chi connectivity index (χ2n) is 6.10. The second-order valence-corrected chi connectivity index (χ2v) is 6.10. The lowest BCUT2D eigenvalue weighted by atomic mass is 10.1. The molecule has 3 N–H and O–H groups in total. The second kappa shape index (κ2) is 6.83. The summed E-state index contributed by atoms with van der Waals surface area (Å²) in [5.41, 5.74) is -2.17. The van der Waals surface area contributed by atoms with Crippen LogP contribution < -0.4 is 16.0 Å². The normalized spacial score (nSPS) is 25.9. The van der Waals surface area contributed by atoms with Gasteiger partial charge < -0.3 is 19.7 Å². The summed E-state index contributed by atoms with van der Waals surface area (Å²) in [6.07, 6.45) is -0.402. The van der Waals surface area contributed by atoms with Gasteiger partial charge >= 0.3 is 5.69 Å². The number of H-pyrrole nitrogens is 1. The minimum Gasteiger partial charge on any atom is -0.489 e. The van der Waals surface area contributed by atoms with E-state index in [-0.39, 0.29) is 13.0 Å². The van der Waals surface area contributed by atoms with Crippen molar-refractivity contribution in [2.45, 2.75) is 31.3 Å². The Kier molecular flexibility index (Phi) is 4.76. The molecule has 0 aliphatic carbocycles. The molecule has 3 rings (SSSR count). The average molecular weight is 348 g/mol. The summed E-state index contributed by atoms with van der Waals surface area (Å²) in [6, 6.07) is 8.96. The smallest absolute Gasteiger partial charge is 0.330 e. The largest absolute Gasteiger partial charge is 0.489 e. The zero-order valence-corrected chi connectivity index (χ0v) is 13.7. The van der Waals surface area contributed by atoms with Crippen molar-refractivity contribution in [3.8, 4) is 5.75 Å². The Bertz CT molecular complexity index is 846. The number of aryl methyl sites for hydroxylation is 1. The zero-order valence-electron chi connectivity index (χ0n) is 13.7. The molecule has 2 aromatic rings. The number of aliphatic hydroxyl groups is 2. The molecule has 25 heavy (non-hydrogen) atoms. The predicted octanol–water partition coefficient (Wildman–Crippen LogP) is -0.281. The van der Waals surface area contributed by atoms with Crippen molar-refractivity contribution in [1.29, 1.82) is 0 Å². The summed E-state index contributed by atoms with van der Waals surface area (Å²) in [5, 5.41) is 19.6. The summed E-state index contributed by atoms with van der Waals surface area (Å²) < 4.78 is 12.8. The maximum absolute atomic E-state index is 12.3. The summed E-state index contributed by atoms with van der Waals surface area (Å²) in [4.78, 5) is 26.2. The molecule has 2 heterocycles. The summed E-state index contributed by atoms with van der Waals surface area (Å²) in [6.45, 7) is 1.09. The van der Waals surface area contributed by atoms with Gasteiger partial charge in [-0.25, -0.2) is 4.79 Å². The van der Waals surface area contributed by atoms with E-state index >= 15 is 0 Å². The quantitative estimate of drug-likeness (QED) is 0.685. The maximum Gasteiger partial charge on any atom is 0.330 e. The van der Waals surface area contributed by atoms with E-state index in [1.165, 1.54) is 10.8 Å². The van der Waals surface area contributed by atoms with Crippen LogP contribution in [0.4, 0.5) is 0 Å². The number of para-hydroxylation sites is 1. The number of aromatic nitrogens is 2. The molecular weight excluding hydrogens is 328 g/mol. The fourth-order valence-corrected chi connectivity index (χ4v) is 2.93. The predicted molar refractivity (Wildman–Crippen MR) is 88.6 cm³/mol. The fourth-order valence-electron chi connectivity index (χ4n) is 2.93. The number of aliphatic hydroxyl groups excluding tert-OH is 2. The number of rotatable bonds is 5. The third kappa shape index (κ3) is 3.37. The number of aromatic amines is 1. The summed E-state index contributed by atoms with van der Waals surface area (Å²) >= 11 is 0. The van der Waals surface area contributed by atoms with Gasteiger partial charge in [0.2, 0.25) is 0 Å². The lowest BCUT2D eigenvalue weighted by Crippen LogP contribution is -2.48. The van der Waals surface area contributed by atoms with Crippen LogP contribution in [0.1, 0.15) is 12.0 Å². The first-order chi connectivity index (χ1) is 11.9. The van der Waals surface area contributed by atoms with E-state index in [1.807, 2.05) is 6.07 Å². The molecule has 0 saturated carbocycles. The van der Waals surface area contributed by atoms with Crippen LogP contribution in [0.15, 0.2) is 46.1 Å². The van der Waals surface area contributed by atoms with Crippen molar-refractivity contribution in [2.24, 2.45) is 0 Å². The molecule has 1 fully saturated rings. The van der Waals surface area contributed by atoms with Crippen LogP contribution in [0, 0.1) is 6.92 Å². The highest BCUT2D eigenvalue weighted by Crippen LogP contribution is 2.35. The number of hydrogen-bond donors (Lipinski definition) is 3. The number of hydrogen-bond acceptors (Lipinski definition) is 6. The van der Waals surface area contributed by atoms with Crippen LogP contribution in [0.5, 0.6) is 5.75 Å². The van der Waals surface area contributed by atoms with Crippen LogP contribution in [0.3, 0.4) is 0 Å². The van der Waals surface area contributed by atoms with Crippen molar-refractivity contribution in [3.05, 3.63) is 62.9 Å². The van der Waals surface area contributed by atoms with E-state index in [0.717, 1.165) is 0 Å². The first-order valence-corrected chi connectivity index (χ1v) is 7.93. The molecule has 134 valence electrons. The SMILES string of the molecule is Cc1cn([C@@]2(COc3ccccc3)C[C@H](O)[C@@H](CO)O2)c(=O)[nH]c1=O. The van der Waals surface area contributed by atoms with Crippen LogP contribution in [-0.2, 0) is 10.5 Å². The minimum atomic E-state index is -1.34. The van der Waals surface area contributed by atoms with Gasteiger partial charge in [0.25, 0.3) is 5.56 Å². The van der Waals surface area contributed by atoms with E-state index in [9.17, 15) is 19.8 Å². The topological polar surface area (TPSA) is 114 Å². The van der Waals surface area contributed by atoms with Gasteiger partial charge in [-0.2, -0.15) is 0 Å². The molecule has 1 aliphatic heterocycles. The first-order valence-electron chi connectivity index (χ1n) is 7.93. The fraction of sp³-hybridized carbons (Fsp3) is 0.412. The molecule has 8 nitrogen and oxygen atoms in total. The molecule has 0 amide bonds. The van der Waals surface area contributed by atoms with Crippen LogP contribution in [-0.4, -0.2) is 45.2 Å². The monoisotopic (exact) mass is 348 g/mol. The minimum absolute atomic E-state index is 0.0381. The Morgan fingerprint density at radius 2 is 2.08 bits per heavy atom. The Labute approximate surface area is 143 Å². The molecule has 1 aromatic carbocycles. The number of nitrogens with zero attached hydrogens (tertiary/aromatic N) is 1. The van der Waals surface area contributed by atoms with E-state index in [2.05, 4.69) is 4.98 Å². The van der Waals surface area contributed by atoms with Crippen molar-refractivity contribution in [2.75, 3.05) is 13.2 Å². The third-order valence-corrected chi connectivity index (χ3v) is 4.27. The Morgan fingerprint density at radius 3 is 2.72 bits per heavy atom. The van der Waals surface area contributed by atoms with Gasteiger partial charge in [-0.15, -0.1) is 0 Å². The van der Waals surface area contributed by atoms with Gasteiger partial charge in [-0.05, 0) is 19.1 Å². The maximum atomic E-state index is 12.3. The van der Waals surface area contributed by atoms with Gasteiger partial charge in [0.15, 0.2) is 5.72 Å². The first kappa shape index (κ1) is 17.4. The third-order valence-electron chi connectivity index (χ3n) is 4.27. The summed E-state index contributed by atoms with van der Waals surface area (Å²) in [7, 11) is 0. The van der Waals surface area contributed by atoms with E-state index in [0.29, 0.717) is 11.3 Å². The van der Waals surface area contributed by atoms with Crippen molar-refractivity contribution in [3.63, 3.8) is 0 Å². The molecule has 0 bridgehead atoms. The van der Waals surface area contributed by atoms with Gasteiger partial charge in [-0.3, -0.25) is 14.3 Å². The number of ether oxygens (including phenoxy) is 2. The van der Waals surface area contributed by atoms with Gasteiger partial charge in [-0.1, -0.05) is 18.2 Å². The van der Waals surface area contributed by atoms with Gasteiger partial charge in [0.1, 0.15) is 18.5 Å². The van der Waals surface area contributed by atoms with E-state index in [1.54, 1.807) is 31.2 Å². The van der Waals surface area contributed by atoms with Crippen molar-refractivity contribution in [1.82, 2.24) is 9.55 Å². The van der Waals surface area contributed by atoms with Gasteiger partial charge in [0, 0.05) is 18.2 Å². The number of nitrogens with one attached hydrogen (secondary N) is 1. The van der Waals surface area contributed by atoms with Gasteiger partial charge in [0.05, 0.1) is 12.7 Å². The Morgan fingerprint density at radius 1 is 1.36 bits per heavy atom. The van der Waals surface area contributed by atoms with Crippen molar-refractivity contribution >= 4 is 0 Å². The lowest BCUT2D eigenvalue weighted by Gasteiger charge is -2.31. The molecule has 3 atom stereocenters. The lowest BCUT2D eigenvalue weighted by molar-refractivity contribution is -0.138. The molecule has 0 spiro atoms. The van der Waals surface area contributed by atoms with E-state index in [4.69, 9.17) is 9.47 Å². The van der Waals surface area contributed by atoms with Crippen LogP contribution >= 0.6 is 0 Å². The van der Waals surface area contributed by atoms with Crippen LogP contribution in [0.2, 0.25) is 0 Å².